The van der Waals surface area contributed by atoms with E-state index in [0.29, 0.717) is 19.0 Å². The summed E-state index contributed by atoms with van der Waals surface area (Å²) in [6, 6.07) is 15.0. The Hall–Kier alpha value is -2.44. The number of hydrogen-bond donors (Lipinski definition) is 1. The molecule has 1 aliphatic heterocycles. The van der Waals surface area contributed by atoms with Crippen molar-refractivity contribution in [2.24, 2.45) is 0 Å². The number of halogens is 2. The van der Waals surface area contributed by atoms with Gasteiger partial charge < -0.3 is 10.1 Å². The summed E-state index contributed by atoms with van der Waals surface area (Å²) in [5, 5.41) is 12.3. The van der Waals surface area contributed by atoms with Gasteiger partial charge in [0, 0.05) is 12.5 Å². The summed E-state index contributed by atoms with van der Waals surface area (Å²) in [6.45, 7) is 1.27. The average molecular weight is 415 g/mol. The van der Waals surface area contributed by atoms with E-state index in [1.807, 2.05) is 36.4 Å². The van der Waals surface area contributed by atoms with Crippen molar-refractivity contribution >= 4 is 12.4 Å². The van der Waals surface area contributed by atoms with Crippen molar-refractivity contribution in [1.29, 1.82) is 0 Å². The number of aromatic nitrogens is 3. The first-order chi connectivity index (χ1) is 13.8. The lowest BCUT2D eigenvalue weighted by atomic mass is 9.86. The van der Waals surface area contributed by atoms with E-state index in [-0.39, 0.29) is 24.3 Å². The van der Waals surface area contributed by atoms with Crippen LogP contribution >= 0.6 is 12.4 Å². The van der Waals surface area contributed by atoms with Gasteiger partial charge >= 0.3 is 0 Å². The lowest BCUT2D eigenvalue weighted by Crippen LogP contribution is -2.24. The van der Waals surface area contributed by atoms with Gasteiger partial charge in [-0.05, 0) is 61.6 Å². The summed E-state index contributed by atoms with van der Waals surface area (Å²) in [5.41, 5.74) is 1.94. The molecule has 2 aromatic carbocycles. The Morgan fingerprint density at radius 3 is 2.55 bits per heavy atom. The Balaban J connectivity index is 0.00000205. The van der Waals surface area contributed by atoms with Crippen molar-refractivity contribution in [3.63, 3.8) is 0 Å². The van der Waals surface area contributed by atoms with Crippen LogP contribution in [0.5, 0.6) is 5.75 Å². The molecule has 0 unspecified atom stereocenters. The Morgan fingerprint density at radius 1 is 0.966 bits per heavy atom. The maximum atomic E-state index is 13.7. The van der Waals surface area contributed by atoms with E-state index in [4.69, 9.17) is 4.74 Å². The fourth-order valence-electron chi connectivity index (χ4n) is 4.32. The number of ether oxygens (including phenoxy) is 1. The number of nitrogens with one attached hydrogen (secondary N) is 1. The highest BCUT2D eigenvalue weighted by Gasteiger charge is 2.30. The normalized spacial score (nSPS) is 20.7. The highest BCUT2D eigenvalue weighted by molar-refractivity contribution is 5.85. The van der Waals surface area contributed by atoms with Crippen LogP contribution in [-0.2, 0) is 13.1 Å². The Morgan fingerprint density at radius 2 is 1.76 bits per heavy atom. The standard InChI is InChI=1S/C22H23FN4O.ClH/c23-17-8-11-20-16(12-17)13-24-14-21-25-26-22(27(20)21)15-6-9-19(10-7-15)28-18-4-2-1-3-5-18;/h1-5,8,11-12,15,19,24H,6-7,9-10,13-14H2;1H. The summed E-state index contributed by atoms with van der Waals surface area (Å²) < 4.78 is 22.0. The second kappa shape index (κ2) is 8.51. The molecule has 0 bridgehead atoms. The zero-order chi connectivity index (χ0) is 18.9. The summed E-state index contributed by atoms with van der Waals surface area (Å²) in [7, 11) is 0. The van der Waals surface area contributed by atoms with Crippen molar-refractivity contribution in [2.45, 2.75) is 50.8 Å². The van der Waals surface area contributed by atoms with Crippen LogP contribution in [0, 0.1) is 5.82 Å². The molecule has 0 radical (unpaired) electrons. The highest BCUT2D eigenvalue weighted by atomic mass is 35.5. The van der Waals surface area contributed by atoms with E-state index in [1.165, 1.54) is 6.07 Å². The van der Waals surface area contributed by atoms with Crippen LogP contribution in [0.1, 0.15) is 48.8 Å². The molecule has 1 aromatic heterocycles. The third-order valence-corrected chi connectivity index (χ3v) is 5.72. The minimum atomic E-state index is -0.211. The van der Waals surface area contributed by atoms with E-state index in [9.17, 15) is 4.39 Å². The van der Waals surface area contributed by atoms with Crippen LogP contribution in [0.15, 0.2) is 48.5 Å². The SMILES string of the molecule is Cl.Fc1ccc2c(c1)CNCc1nnc(C3CCC(Oc4ccccc4)CC3)n1-2. The highest BCUT2D eigenvalue weighted by Crippen LogP contribution is 2.36. The fourth-order valence-corrected chi connectivity index (χ4v) is 4.32. The minimum absolute atomic E-state index is 0. The molecule has 3 aromatic rings. The number of para-hydroxylation sites is 1. The molecule has 0 amide bonds. The van der Waals surface area contributed by atoms with Gasteiger partial charge in [0.1, 0.15) is 17.4 Å². The van der Waals surface area contributed by atoms with Gasteiger partial charge in [0.25, 0.3) is 0 Å². The predicted octanol–water partition coefficient (Wildman–Crippen LogP) is 4.54. The zero-order valence-corrected chi connectivity index (χ0v) is 16.9. The second-order valence-electron chi connectivity index (χ2n) is 7.59. The Bertz CT molecular complexity index is 970. The van der Waals surface area contributed by atoms with Gasteiger partial charge in [0.2, 0.25) is 0 Å². The van der Waals surface area contributed by atoms with Gasteiger partial charge in [-0.3, -0.25) is 4.57 Å². The molecule has 1 aliphatic carbocycles. The predicted molar refractivity (Wildman–Crippen MR) is 111 cm³/mol. The maximum absolute atomic E-state index is 13.7. The molecule has 1 N–H and O–H groups in total. The van der Waals surface area contributed by atoms with E-state index >= 15 is 0 Å². The molecular formula is C22H24ClFN4O. The molecule has 0 spiro atoms. The van der Waals surface area contributed by atoms with E-state index in [1.54, 1.807) is 6.07 Å². The monoisotopic (exact) mass is 414 g/mol. The van der Waals surface area contributed by atoms with Gasteiger partial charge in [-0.1, -0.05) is 18.2 Å². The third-order valence-electron chi connectivity index (χ3n) is 5.72. The first-order valence-corrected chi connectivity index (χ1v) is 9.93. The van der Waals surface area contributed by atoms with Gasteiger partial charge in [0.05, 0.1) is 18.3 Å². The molecule has 2 heterocycles. The Kier molecular flexibility index (Phi) is 5.83. The third kappa shape index (κ3) is 4.00. The van der Waals surface area contributed by atoms with Gasteiger partial charge in [0.15, 0.2) is 5.82 Å². The van der Waals surface area contributed by atoms with Crippen LogP contribution < -0.4 is 10.1 Å². The lowest BCUT2D eigenvalue weighted by Gasteiger charge is -2.29. The van der Waals surface area contributed by atoms with Gasteiger partial charge in [-0.25, -0.2) is 4.39 Å². The van der Waals surface area contributed by atoms with Gasteiger partial charge in [-0.15, -0.1) is 22.6 Å². The van der Waals surface area contributed by atoms with Crippen LogP contribution in [0.4, 0.5) is 4.39 Å². The average Bonchev–Trinajstić information content (AvgIpc) is 3.05. The molecule has 152 valence electrons. The number of hydrogen-bond acceptors (Lipinski definition) is 4. The Labute approximate surface area is 175 Å². The molecule has 7 heteroatoms. The molecule has 5 rings (SSSR count). The summed E-state index contributed by atoms with van der Waals surface area (Å²) in [5.74, 6) is 2.95. The van der Waals surface area contributed by atoms with Crippen molar-refractivity contribution in [1.82, 2.24) is 20.1 Å². The van der Waals surface area contributed by atoms with Crippen molar-refractivity contribution < 1.29 is 9.13 Å². The first kappa shape index (κ1) is 19.9. The summed E-state index contributed by atoms with van der Waals surface area (Å²) in [6.07, 6.45) is 4.26. The largest absolute Gasteiger partial charge is 0.490 e. The zero-order valence-electron chi connectivity index (χ0n) is 16.1. The summed E-state index contributed by atoms with van der Waals surface area (Å²) in [4.78, 5) is 0. The molecule has 1 saturated carbocycles. The molecule has 0 atom stereocenters. The van der Waals surface area contributed by atoms with Crippen LogP contribution in [0.2, 0.25) is 0 Å². The van der Waals surface area contributed by atoms with E-state index < -0.39 is 0 Å². The number of fused-ring (bicyclic) bond motifs is 3. The molecule has 0 saturated heterocycles. The molecular weight excluding hydrogens is 391 g/mol. The molecule has 5 nitrogen and oxygen atoms in total. The number of rotatable bonds is 3. The summed E-state index contributed by atoms with van der Waals surface area (Å²) >= 11 is 0. The number of benzene rings is 2. The van der Waals surface area contributed by atoms with Crippen molar-refractivity contribution in [3.8, 4) is 11.4 Å². The molecule has 2 aliphatic rings. The first-order valence-electron chi connectivity index (χ1n) is 9.93. The molecule has 29 heavy (non-hydrogen) atoms. The van der Waals surface area contributed by atoms with E-state index in [2.05, 4.69) is 20.1 Å². The van der Waals surface area contributed by atoms with Crippen LogP contribution in [0.25, 0.3) is 5.69 Å². The van der Waals surface area contributed by atoms with Gasteiger partial charge in [-0.2, -0.15) is 0 Å². The lowest BCUT2D eigenvalue weighted by molar-refractivity contribution is 0.144. The van der Waals surface area contributed by atoms with E-state index in [0.717, 1.165) is 54.3 Å². The van der Waals surface area contributed by atoms with Crippen LogP contribution in [0.3, 0.4) is 0 Å². The second-order valence-corrected chi connectivity index (χ2v) is 7.59. The minimum Gasteiger partial charge on any atom is -0.490 e. The van der Waals surface area contributed by atoms with Crippen molar-refractivity contribution in [3.05, 3.63) is 71.6 Å². The topological polar surface area (TPSA) is 52.0 Å². The van der Waals surface area contributed by atoms with Crippen molar-refractivity contribution in [2.75, 3.05) is 0 Å². The smallest absolute Gasteiger partial charge is 0.151 e. The molecule has 1 fully saturated rings. The van der Waals surface area contributed by atoms with Crippen LogP contribution in [-0.4, -0.2) is 20.9 Å². The fraction of sp³-hybridized carbons (Fsp3) is 0.364. The maximum Gasteiger partial charge on any atom is 0.151 e. The quantitative estimate of drug-likeness (QED) is 0.683. The number of nitrogens with zero attached hydrogens (tertiary/aromatic N) is 3.